The number of aromatic nitrogens is 1. The van der Waals surface area contributed by atoms with E-state index in [0.29, 0.717) is 5.56 Å². The Morgan fingerprint density at radius 3 is 2.54 bits per heavy atom. The third kappa shape index (κ3) is 3.66. The molecule has 1 amide bonds. The van der Waals surface area contributed by atoms with Gasteiger partial charge in [0.25, 0.3) is 5.91 Å². The van der Waals surface area contributed by atoms with Crippen molar-refractivity contribution in [2.75, 3.05) is 0 Å². The van der Waals surface area contributed by atoms with Gasteiger partial charge in [-0.25, -0.2) is 18.5 Å². The van der Waals surface area contributed by atoms with Gasteiger partial charge in [0.1, 0.15) is 5.01 Å². The van der Waals surface area contributed by atoms with E-state index in [0.717, 1.165) is 17.8 Å². The highest BCUT2D eigenvalue weighted by molar-refractivity contribution is 7.89. The lowest BCUT2D eigenvalue weighted by Crippen LogP contribution is -2.26. The lowest BCUT2D eigenvalue weighted by atomic mass is 10.0. The average molecular weight is 365 g/mol. The van der Waals surface area contributed by atoms with Crippen molar-refractivity contribution in [1.82, 2.24) is 10.3 Å². The number of nitrogens with zero attached hydrogens (tertiary/aromatic N) is 1. The van der Waals surface area contributed by atoms with Gasteiger partial charge in [0.05, 0.1) is 16.6 Å². The molecule has 1 aromatic carbocycles. The van der Waals surface area contributed by atoms with E-state index in [9.17, 15) is 13.2 Å². The summed E-state index contributed by atoms with van der Waals surface area (Å²) in [4.78, 5) is 18.3. The van der Waals surface area contributed by atoms with Crippen LogP contribution in [0.25, 0.3) is 0 Å². The number of rotatable bonds is 4. The highest BCUT2D eigenvalue weighted by Gasteiger charge is 2.20. The minimum atomic E-state index is -3.75. The van der Waals surface area contributed by atoms with E-state index in [2.05, 4.69) is 10.3 Å². The Kier molecular flexibility index (Phi) is 4.71. The van der Waals surface area contributed by atoms with Gasteiger partial charge in [-0.15, -0.1) is 11.3 Å². The molecule has 3 rings (SSSR count). The van der Waals surface area contributed by atoms with Gasteiger partial charge in [0, 0.05) is 10.4 Å². The summed E-state index contributed by atoms with van der Waals surface area (Å²) < 4.78 is 22.5. The van der Waals surface area contributed by atoms with E-state index in [4.69, 9.17) is 5.14 Å². The van der Waals surface area contributed by atoms with Crippen LogP contribution in [0.1, 0.15) is 51.7 Å². The second kappa shape index (κ2) is 6.62. The first-order chi connectivity index (χ1) is 11.3. The summed E-state index contributed by atoms with van der Waals surface area (Å²) in [6, 6.07) is 5.38. The van der Waals surface area contributed by atoms with Gasteiger partial charge in [-0.05, 0) is 56.9 Å². The fourth-order valence-corrected chi connectivity index (χ4v) is 4.37. The van der Waals surface area contributed by atoms with Crippen molar-refractivity contribution in [2.24, 2.45) is 5.14 Å². The molecule has 1 atom stereocenters. The first kappa shape index (κ1) is 17.1. The molecule has 3 N–H and O–H groups in total. The third-order valence-corrected chi connectivity index (χ3v) is 6.29. The Bertz CT molecular complexity index is 834. The number of fused-ring (bicyclic) bond motifs is 1. The molecule has 0 spiro atoms. The first-order valence-electron chi connectivity index (χ1n) is 7.77. The predicted octanol–water partition coefficient (Wildman–Crippen LogP) is 2.16. The van der Waals surface area contributed by atoms with Crippen LogP contribution in [0.2, 0.25) is 0 Å². The molecule has 1 heterocycles. The average Bonchev–Trinajstić information content (AvgIpc) is 2.98. The summed E-state index contributed by atoms with van der Waals surface area (Å²) in [6.07, 6.45) is 4.46. The smallest absolute Gasteiger partial charge is 0.251 e. The number of sulfonamides is 1. The maximum Gasteiger partial charge on any atom is 0.251 e. The van der Waals surface area contributed by atoms with Crippen LogP contribution >= 0.6 is 11.3 Å². The third-order valence-electron chi connectivity index (χ3n) is 4.03. The lowest BCUT2D eigenvalue weighted by Gasteiger charge is -2.11. The van der Waals surface area contributed by atoms with Crippen LogP contribution in [0.15, 0.2) is 29.2 Å². The highest BCUT2D eigenvalue weighted by Crippen LogP contribution is 2.29. The van der Waals surface area contributed by atoms with Gasteiger partial charge in [0.2, 0.25) is 10.0 Å². The zero-order chi connectivity index (χ0) is 17.3. The van der Waals surface area contributed by atoms with E-state index in [1.165, 1.54) is 47.7 Å². The van der Waals surface area contributed by atoms with Gasteiger partial charge < -0.3 is 5.32 Å². The number of benzene rings is 1. The van der Waals surface area contributed by atoms with Crippen LogP contribution in [0.5, 0.6) is 0 Å². The van der Waals surface area contributed by atoms with Crippen LogP contribution in [0.4, 0.5) is 0 Å². The number of nitrogens with one attached hydrogen (secondary N) is 1. The summed E-state index contributed by atoms with van der Waals surface area (Å²) in [5.41, 5.74) is 1.55. The summed E-state index contributed by atoms with van der Waals surface area (Å²) in [6.45, 7) is 1.90. The molecular formula is C16H19N3O3S2. The van der Waals surface area contributed by atoms with Crippen molar-refractivity contribution in [3.05, 3.63) is 45.4 Å². The van der Waals surface area contributed by atoms with E-state index in [-0.39, 0.29) is 16.8 Å². The number of hydrogen-bond acceptors (Lipinski definition) is 5. The first-order valence-corrected chi connectivity index (χ1v) is 10.1. The van der Waals surface area contributed by atoms with Crippen LogP contribution in [0.3, 0.4) is 0 Å². The maximum absolute atomic E-state index is 12.3. The van der Waals surface area contributed by atoms with Crippen molar-refractivity contribution in [3.8, 4) is 0 Å². The maximum atomic E-state index is 12.3. The SMILES string of the molecule is CC(NC(=O)c1ccc(S(N)(=O)=O)cc1)c1nc2c(s1)CCCC2. The zero-order valence-electron chi connectivity index (χ0n) is 13.3. The molecule has 24 heavy (non-hydrogen) atoms. The lowest BCUT2D eigenvalue weighted by molar-refractivity contribution is 0.0939. The van der Waals surface area contributed by atoms with Crippen LogP contribution in [-0.4, -0.2) is 19.3 Å². The van der Waals surface area contributed by atoms with Crippen LogP contribution in [-0.2, 0) is 22.9 Å². The highest BCUT2D eigenvalue weighted by atomic mass is 32.2. The number of carbonyl (C=O) groups is 1. The number of hydrogen-bond donors (Lipinski definition) is 2. The molecular weight excluding hydrogens is 346 g/mol. The normalized spacial score (nSPS) is 15.6. The van der Waals surface area contributed by atoms with Crippen LogP contribution < -0.4 is 10.5 Å². The molecule has 0 saturated heterocycles. The molecule has 0 bridgehead atoms. The van der Waals surface area contributed by atoms with E-state index < -0.39 is 10.0 Å². The van der Waals surface area contributed by atoms with E-state index >= 15 is 0 Å². The zero-order valence-corrected chi connectivity index (χ0v) is 14.9. The Morgan fingerprint density at radius 1 is 1.25 bits per heavy atom. The molecule has 0 saturated carbocycles. The second-order valence-electron chi connectivity index (χ2n) is 5.89. The quantitative estimate of drug-likeness (QED) is 0.866. The van der Waals surface area contributed by atoms with Crippen molar-refractivity contribution >= 4 is 27.3 Å². The number of amides is 1. The second-order valence-corrected chi connectivity index (χ2v) is 8.57. The summed E-state index contributed by atoms with van der Waals surface area (Å²) >= 11 is 1.66. The predicted molar refractivity (Wildman–Crippen MR) is 92.5 cm³/mol. The minimum Gasteiger partial charge on any atom is -0.343 e. The van der Waals surface area contributed by atoms with Gasteiger partial charge in [0.15, 0.2) is 0 Å². The summed E-state index contributed by atoms with van der Waals surface area (Å²) in [5, 5.41) is 8.87. The number of aryl methyl sites for hydroxylation is 2. The van der Waals surface area contributed by atoms with E-state index in [1.54, 1.807) is 11.3 Å². The number of thiazole rings is 1. The molecule has 6 nitrogen and oxygen atoms in total. The molecule has 0 radical (unpaired) electrons. The fraction of sp³-hybridized carbons (Fsp3) is 0.375. The number of primary sulfonamides is 1. The van der Waals surface area contributed by atoms with Crippen molar-refractivity contribution in [1.29, 1.82) is 0 Å². The van der Waals surface area contributed by atoms with Crippen molar-refractivity contribution < 1.29 is 13.2 Å². The van der Waals surface area contributed by atoms with Crippen LogP contribution in [0, 0.1) is 0 Å². The Morgan fingerprint density at radius 2 is 1.92 bits per heavy atom. The molecule has 0 fully saturated rings. The molecule has 1 aliphatic carbocycles. The van der Waals surface area contributed by atoms with Gasteiger partial charge in [-0.1, -0.05) is 0 Å². The molecule has 1 aromatic heterocycles. The minimum absolute atomic E-state index is 0.0142. The Balaban J connectivity index is 1.71. The van der Waals surface area contributed by atoms with Crippen molar-refractivity contribution in [2.45, 2.75) is 43.5 Å². The molecule has 8 heteroatoms. The standard InChI is InChI=1S/C16H19N3O3S2/c1-10(16-19-13-4-2-3-5-14(13)23-16)18-15(20)11-6-8-12(9-7-11)24(17,21)22/h6-10H,2-5H2,1H3,(H,18,20)(H2,17,21,22). The molecule has 1 unspecified atom stereocenters. The molecule has 1 aliphatic rings. The summed E-state index contributed by atoms with van der Waals surface area (Å²) in [7, 11) is -3.75. The molecule has 2 aromatic rings. The number of carbonyl (C=O) groups excluding carboxylic acids is 1. The summed E-state index contributed by atoms with van der Waals surface area (Å²) in [5.74, 6) is -0.267. The topological polar surface area (TPSA) is 102 Å². The van der Waals surface area contributed by atoms with Gasteiger partial charge >= 0.3 is 0 Å². The fourth-order valence-electron chi connectivity index (χ4n) is 2.69. The number of nitrogens with two attached hydrogens (primary N) is 1. The molecule has 128 valence electrons. The Hall–Kier alpha value is -1.77. The monoisotopic (exact) mass is 365 g/mol. The molecule has 0 aliphatic heterocycles. The largest absolute Gasteiger partial charge is 0.343 e. The van der Waals surface area contributed by atoms with E-state index in [1.807, 2.05) is 6.92 Å². The Labute approximate surface area is 145 Å². The van der Waals surface area contributed by atoms with Gasteiger partial charge in [-0.3, -0.25) is 4.79 Å². The van der Waals surface area contributed by atoms with Crippen molar-refractivity contribution in [3.63, 3.8) is 0 Å². The van der Waals surface area contributed by atoms with Gasteiger partial charge in [-0.2, -0.15) is 0 Å².